The fourth-order valence-electron chi connectivity index (χ4n) is 1.78. The van der Waals surface area contributed by atoms with Crippen LogP contribution in [0.5, 0.6) is 0 Å². The summed E-state index contributed by atoms with van der Waals surface area (Å²) in [5.74, 6) is 1.32. The summed E-state index contributed by atoms with van der Waals surface area (Å²) in [5.41, 5.74) is 7.15. The first-order valence-corrected chi connectivity index (χ1v) is 7.30. The summed E-state index contributed by atoms with van der Waals surface area (Å²) < 4.78 is 0. The summed E-state index contributed by atoms with van der Waals surface area (Å²) in [5, 5.41) is 0.811. The monoisotopic (exact) mass is 277 g/mol. The van der Waals surface area contributed by atoms with Gasteiger partial charge in [-0.3, -0.25) is 0 Å². The molecule has 2 N–H and O–H groups in total. The Morgan fingerprint density at radius 2 is 1.67 bits per heavy atom. The van der Waals surface area contributed by atoms with Gasteiger partial charge < -0.3 is 5.73 Å². The Kier molecular flexibility index (Phi) is 5.12. The van der Waals surface area contributed by atoms with Gasteiger partial charge in [-0.2, -0.15) is 0 Å². The van der Waals surface area contributed by atoms with E-state index in [4.69, 9.17) is 17.3 Å². The molecule has 2 aromatic carbocycles. The van der Waals surface area contributed by atoms with Gasteiger partial charge in [0.2, 0.25) is 0 Å². The molecule has 2 rings (SSSR count). The van der Waals surface area contributed by atoms with Crippen molar-refractivity contribution in [3.8, 4) is 0 Å². The van der Waals surface area contributed by atoms with Crippen molar-refractivity contribution in [2.75, 3.05) is 12.3 Å². The van der Waals surface area contributed by atoms with Crippen molar-refractivity contribution in [2.24, 2.45) is 5.73 Å². The topological polar surface area (TPSA) is 26.0 Å². The Balaban J connectivity index is 2.02. The van der Waals surface area contributed by atoms with Gasteiger partial charge >= 0.3 is 0 Å². The number of hydrogen-bond donors (Lipinski definition) is 1. The summed E-state index contributed by atoms with van der Waals surface area (Å²) in [6, 6.07) is 18.3. The molecule has 1 unspecified atom stereocenters. The van der Waals surface area contributed by atoms with E-state index in [0.29, 0.717) is 12.5 Å². The molecule has 0 aliphatic heterocycles. The Morgan fingerprint density at radius 3 is 2.33 bits per heavy atom. The lowest BCUT2D eigenvalue weighted by atomic mass is 10.0. The van der Waals surface area contributed by atoms with Gasteiger partial charge in [0.15, 0.2) is 0 Å². The van der Waals surface area contributed by atoms with Crippen LogP contribution in [0.3, 0.4) is 0 Å². The van der Waals surface area contributed by atoms with Gasteiger partial charge in [0.1, 0.15) is 0 Å². The highest BCUT2D eigenvalue weighted by Crippen LogP contribution is 2.30. The fourth-order valence-corrected chi connectivity index (χ4v) is 3.17. The zero-order valence-corrected chi connectivity index (χ0v) is 11.6. The molecule has 0 amide bonds. The molecule has 0 aromatic heterocycles. The molecule has 2 aromatic rings. The summed E-state index contributed by atoms with van der Waals surface area (Å²) in [4.78, 5) is 1.12. The molecule has 0 fully saturated rings. The smallest absolute Gasteiger partial charge is 0.0541 e. The first kappa shape index (κ1) is 13.5. The third-order valence-electron chi connectivity index (χ3n) is 2.83. The lowest BCUT2D eigenvalue weighted by Gasteiger charge is -2.15. The molecule has 0 radical (unpaired) electrons. The van der Waals surface area contributed by atoms with Crippen LogP contribution in [-0.4, -0.2) is 12.3 Å². The molecular weight excluding hydrogens is 262 g/mol. The SMILES string of the molecule is NCC(CSc1ccccc1Cl)c1ccccc1. The highest BCUT2D eigenvalue weighted by molar-refractivity contribution is 7.99. The lowest BCUT2D eigenvalue weighted by Crippen LogP contribution is -2.14. The standard InChI is InChI=1S/C15H16ClNS/c16-14-8-4-5-9-15(14)18-11-13(10-17)12-6-2-1-3-7-12/h1-9,13H,10-11,17H2. The van der Waals surface area contributed by atoms with Gasteiger partial charge in [-0.05, 0) is 24.2 Å². The maximum Gasteiger partial charge on any atom is 0.0541 e. The van der Waals surface area contributed by atoms with Crippen molar-refractivity contribution in [1.29, 1.82) is 0 Å². The van der Waals surface area contributed by atoms with Crippen LogP contribution in [0.15, 0.2) is 59.5 Å². The zero-order valence-electron chi connectivity index (χ0n) is 10.1. The van der Waals surface area contributed by atoms with Crippen LogP contribution < -0.4 is 5.73 Å². The van der Waals surface area contributed by atoms with Crippen molar-refractivity contribution in [2.45, 2.75) is 10.8 Å². The third-order valence-corrected chi connectivity index (χ3v) is 4.51. The van der Waals surface area contributed by atoms with E-state index in [1.807, 2.05) is 30.3 Å². The van der Waals surface area contributed by atoms with Gasteiger partial charge in [-0.25, -0.2) is 0 Å². The molecule has 3 heteroatoms. The molecule has 18 heavy (non-hydrogen) atoms. The number of thioether (sulfide) groups is 1. The molecule has 0 aliphatic rings. The molecule has 1 atom stereocenters. The molecule has 0 saturated carbocycles. The van der Waals surface area contributed by atoms with Crippen LogP contribution in [0.25, 0.3) is 0 Å². The molecular formula is C15H16ClNS. The van der Waals surface area contributed by atoms with E-state index in [9.17, 15) is 0 Å². The minimum Gasteiger partial charge on any atom is -0.330 e. The zero-order chi connectivity index (χ0) is 12.8. The minimum atomic E-state index is 0.368. The van der Waals surface area contributed by atoms with Crippen LogP contribution in [0.4, 0.5) is 0 Å². The van der Waals surface area contributed by atoms with Crippen LogP contribution in [0.2, 0.25) is 5.02 Å². The highest BCUT2D eigenvalue weighted by atomic mass is 35.5. The number of rotatable bonds is 5. The van der Waals surface area contributed by atoms with E-state index >= 15 is 0 Å². The lowest BCUT2D eigenvalue weighted by molar-refractivity contribution is 0.785. The Hall–Kier alpha value is -0.960. The highest BCUT2D eigenvalue weighted by Gasteiger charge is 2.10. The van der Waals surface area contributed by atoms with Crippen molar-refractivity contribution in [3.05, 3.63) is 65.2 Å². The predicted octanol–water partition coefficient (Wildman–Crippen LogP) is 4.17. The van der Waals surface area contributed by atoms with E-state index in [-0.39, 0.29) is 0 Å². The average molecular weight is 278 g/mol. The van der Waals surface area contributed by atoms with Gasteiger partial charge in [0.25, 0.3) is 0 Å². The summed E-state index contributed by atoms with van der Waals surface area (Å²) in [6.07, 6.45) is 0. The summed E-state index contributed by atoms with van der Waals surface area (Å²) in [6.45, 7) is 0.654. The Bertz CT molecular complexity index is 487. The van der Waals surface area contributed by atoms with Crippen LogP contribution in [0.1, 0.15) is 11.5 Å². The van der Waals surface area contributed by atoms with E-state index < -0.39 is 0 Å². The van der Waals surface area contributed by atoms with E-state index in [0.717, 1.165) is 15.7 Å². The van der Waals surface area contributed by atoms with Crippen LogP contribution in [-0.2, 0) is 0 Å². The quantitative estimate of drug-likeness (QED) is 0.830. The van der Waals surface area contributed by atoms with Crippen LogP contribution >= 0.6 is 23.4 Å². The number of nitrogens with two attached hydrogens (primary N) is 1. The number of hydrogen-bond acceptors (Lipinski definition) is 2. The van der Waals surface area contributed by atoms with Crippen LogP contribution in [0, 0.1) is 0 Å². The molecule has 1 nitrogen and oxygen atoms in total. The van der Waals surface area contributed by atoms with Crippen molar-refractivity contribution in [3.63, 3.8) is 0 Å². The number of halogens is 1. The van der Waals surface area contributed by atoms with Gasteiger partial charge in [0.05, 0.1) is 5.02 Å². The third kappa shape index (κ3) is 3.52. The molecule has 0 aliphatic carbocycles. The second-order valence-corrected chi connectivity index (χ2v) is 5.55. The molecule has 0 spiro atoms. The Morgan fingerprint density at radius 1 is 1.00 bits per heavy atom. The normalized spacial score (nSPS) is 12.3. The second-order valence-electron chi connectivity index (χ2n) is 4.08. The van der Waals surface area contributed by atoms with E-state index in [2.05, 4.69) is 24.3 Å². The molecule has 0 saturated heterocycles. The second kappa shape index (κ2) is 6.83. The van der Waals surface area contributed by atoms with E-state index in [1.54, 1.807) is 11.8 Å². The molecule has 0 bridgehead atoms. The molecule has 94 valence electrons. The molecule has 0 heterocycles. The van der Waals surface area contributed by atoms with Gasteiger partial charge in [-0.15, -0.1) is 11.8 Å². The fraction of sp³-hybridized carbons (Fsp3) is 0.200. The first-order valence-electron chi connectivity index (χ1n) is 5.93. The average Bonchev–Trinajstić information content (AvgIpc) is 2.42. The van der Waals surface area contributed by atoms with E-state index in [1.165, 1.54) is 5.56 Å². The number of benzene rings is 2. The predicted molar refractivity (Wildman–Crippen MR) is 80.4 cm³/mol. The van der Waals surface area contributed by atoms with Gasteiger partial charge in [-0.1, -0.05) is 54.1 Å². The van der Waals surface area contributed by atoms with Crippen molar-refractivity contribution < 1.29 is 0 Å². The minimum absolute atomic E-state index is 0.368. The Labute approximate surface area is 117 Å². The maximum absolute atomic E-state index is 6.14. The summed E-state index contributed by atoms with van der Waals surface area (Å²) in [7, 11) is 0. The van der Waals surface area contributed by atoms with Crippen molar-refractivity contribution >= 4 is 23.4 Å². The first-order chi connectivity index (χ1) is 8.81. The van der Waals surface area contributed by atoms with Crippen molar-refractivity contribution in [1.82, 2.24) is 0 Å². The largest absolute Gasteiger partial charge is 0.330 e. The van der Waals surface area contributed by atoms with Gasteiger partial charge in [0, 0.05) is 16.6 Å². The maximum atomic E-state index is 6.14. The summed E-state index contributed by atoms with van der Waals surface area (Å²) >= 11 is 7.91.